The number of piperidine rings is 1. The molecule has 0 bridgehead atoms. The van der Waals surface area contributed by atoms with Gasteiger partial charge >= 0.3 is 0 Å². The number of aliphatic hydroxyl groups is 1. The molecular weight excluding hydrogens is 320 g/mol. The second-order valence-corrected chi connectivity index (χ2v) is 6.56. The molecule has 1 saturated heterocycles. The van der Waals surface area contributed by atoms with Crippen molar-refractivity contribution in [1.29, 1.82) is 0 Å². The Kier molecular flexibility index (Phi) is 7.23. The molecular formula is C19H30N2O4. The Labute approximate surface area is 150 Å². The van der Waals surface area contributed by atoms with Crippen LogP contribution in [-0.4, -0.2) is 56.6 Å². The van der Waals surface area contributed by atoms with Crippen LogP contribution in [0.5, 0.6) is 5.75 Å². The van der Waals surface area contributed by atoms with E-state index < -0.39 is 11.7 Å². The van der Waals surface area contributed by atoms with E-state index in [1.54, 1.807) is 7.05 Å². The predicted octanol–water partition coefficient (Wildman–Crippen LogP) is 1.96. The van der Waals surface area contributed by atoms with E-state index in [4.69, 9.17) is 9.47 Å². The molecule has 6 heteroatoms. The van der Waals surface area contributed by atoms with Gasteiger partial charge in [-0.3, -0.25) is 4.79 Å². The van der Waals surface area contributed by atoms with Gasteiger partial charge in [0, 0.05) is 19.8 Å². The molecule has 140 valence electrons. The van der Waals surface area contributed by atoms with E-state index in [1.165, 1.54) is 12.0 Å². The number of anilines is 1. The first-order chi connectivity index (χ1) is 12.0. The van der Waals surface area contributed by atoms with Crippen molar-refractivity contribution in [2.45, 2.75) is 44.3 Å². The van der Waals surface area contributed by atoms with Crippen molar-refractivity contribution < 1.29 is 19.4 Å². The van der Waals surface area contributed by atoms with Crippen molar-refractivity contribution in [2.24, 2.45) is 0 Å². The monoisotopic (exact) mass is 350 g/mol. The number of amides is 1. The van der Waals surface area contributed by atoms with Gasteiger partial charge in [0.05, 0.1) is 6.61 Å². The molecule has 2 rings (SSSR count). The Morgan fingerprint density at radius 1 is 1.32 bits per heavy atom. The molecule has 1 unspecified atom stereocenters. The molecule has 25 heavy (non-hydrogen) atoms. The number of likely N-dealkylation sites (N-methyl/N-ethyl adjacent to an activating group) is 1. The third-order valence-electron chi connectivity index (χ3n) is 4.74. The molecule has 6 nitrogen and oxygen atoms in total. The van der Waals surface area contributed by atoms with Crippen molar-refractivity contribution in [2.75, 3.05) is 38.8 Å². The number of nitrogens with one attached hydrogen (secondary N) is 1. The summed E-state index contributed by atoms with van der Waals surface area (Å²) in [5.41, 5.74) is -0.387. The topological polar surface area (TPSA) is 71.0 Å². The fourth-order valence-electron chi connectivity index (χ4n) is 3.08. The molecule has 1 fully saturated rings. The van der Waals surface area contributed by atoms with E-state index in [2.05, 4.69) is 12.2 Å². The van der Waals surface area contributed by atoms with Gasteiger partial charge in [-0.25, -0.2) is 0 Å². The summed E-state index contributed by atoms with van der Waals surface area (Å²) in [7, 11) is 3.17. The van der Waals surface area contributed by atoms with Crippen LogP contribution in [0, 0.1) is 0 Å². The molecule has 1 atom stereocenters. The maximum atomic E-state index is 12.9. The zero-order valence-corrected chi connectivity index (χ0v) is 15.5. The van der Waals surface area contributed by atoms with Crippen LogP contribution in [-0.2, 0) is 9.53 Å². The van der Waals surface area contributed by atoms with E-state index in [0.29, 0.717) is 32.5 Å². The van der Waals surface area contributed by atoms with Gasteiger partial charge in [-0.1, -0.05) is 13.3 Å². The standard InChI is InChI=1S/C19H30N2O4/c1-4-5-14-25-16-8-6-15(7-9-16)21(2)18(22)17(24-3)19(23)10-12-20-13-11-19/h6-9,17,20,23H,4-5,10-14H2,1-3H3. The number of hydrogen-bond donors (Lipinski definition) is 2. The predicted molar refractivity (Wildman–Crippen MR) is 98.1 cm³/mol. The molecule has 0 aromatic heterocycles. The smallest absolute Gasteiger partial charge is 0.258 e. The van der Waals surface area contributed by atoms with Gasteiger partial charge in [0.25, 0.3) is 5.91 Å². The Morgan fingerprint density at radius 2 is 1.96 bits per heavy atom. The zero-order valence-electron chi connectivity index (χ0n) is 15.5. The van der Waals surface area contributed by atoms with Crippen LogP contribution < -0.4 is 15.0 Å². The number of nitrogens with zero attached hydrogens (tertiary/aromatic N) is 1. The summed E-state index contributed by atoms with van der Waals surface area (Å²) in [5, 5.41) is 14.0. The summed E-state index contributed by atoms with van der Waals surface area (Å²) >= 11 is 0. The van der Waals surface area contributed by atoms with Crippen molar-refractivity contribution in [3.8, 4) is 5.75 Å². The minimum Gasteiger partial charge on any atom is -0.494 e. The molecule has 0 saturated carbocycles. The third kappa shape index (κ3) is 4.93. The average molecular weight is 350 g/mol. The van der Waals surface area contributed by atoms with E-state index in [1.807, 2.05) is 24.3 Å². The lowest BCUT2D eigenvalue weighted by molar-refractivity contribution is -0.151. The molecule has 1 aliphatic heterocycles. The maximum Gasteiger partial charge on any atom is 0.258 e. The molecule has 0 aliphatic carbocycles. The van der Waals surface area contributed by atoms with Gasteiger partial charge < -0.3 is 24.8 Å². The molecule has 2 N–H and O–H groups in total. The molecule has 1 aromatic carbocycles. The van der Waals surface area contributed by atoms with Crippen LogP contribution in [0.3, 0.4) is 0 Å². The summed E-state index contributed by atoms with van der Waals surface area (Å²) < 4.78 is 11.0. The summed E-state index contributed by atoms with van der Waals surface area (Å²) in [5.74, 6) is 0.546. The van der Waals surface area contributed by atoms with E-state index in [0.717, 1.165) is 24.3 Å². The van der Waals surface area contributed by atoms with Crippen molar-refractivity contribution in [3.05, 3.63) is 24.3 Å². The lowest BCUT2D eigenvalue weighted by Crippen LogP contribution is -2.57. The number of methoxy groups -OCH3 is 1. The molecule has 1 aliphatic rings. The van der Waals surface area contributed by atoms with Crippen LogP contribution in [0.2, 0.25) is 0 Å². The first kappa shape index (κ1) is 19.7. The van der Waals surface area contributed by atoms with E-state index in [9.17, 15) is 9.90 Å². The highest BCUT2D eigenvalue weighted by atomic mass is 16.5. The number of unbranched alkanes of at least 4 members (excludes halogenated alkanes) is 1. The summed E-state index contributed by atoms with van der Waals surface area (Å²) in [6.07, 6.45) is 2.22. The van der Waals surface area contributed by atoms with Crippen molar-refractivity contribution >= 4 is 11.6 Å². The number of carbonyl (C=O) groups is 1. The third-order valence-corrected chi connectivity index (χ3v) is 4.74. The first-order valence-corrected chi connectivity index (χ1v) is 8.98. The molecule has 1 heterocycles. The molecule has 0 spiro atoms. The number of carbonyl (C=O) groups excluding carboxylic acids is 1. The lowest BCUT2D eigenvalue weighted by Gasteiger charge is -2.39. The Bertz CT molecular complexity index is 541. The van der Waals surface area contributed by atoms with E-state index >= 15 is 0 Å². The summed E-state index contributed by atoms with van der Waals surface area (Å²) in [6.45, 7) is 4.17. The molecule has 1 amide bonds. The highest BCUT2D eigenvalue weighted by molar-refractivity contribution is 5.97. The first-order valence-electron chi connectivity index (χ1n) is 8.98. The van der Waals surface area contributed by atoms with Gasteiger partial charge in [-0.05, 0) is 56.6 Å². The van der Waals surface area contributed by atoms with Crippen molar-refractivity contribution in [1.82, 2.24) is 5.32 Å². The van der Waals surface area contributed by atoms with Crippen LogP contribution in [0.25, 0.3) is 0 Å². The molecule has 1 aromatic rings. The second-order valence-electron chi connectivity index (χ2n) is 6.56. The van der Waals surface area contributed by atoms with Crippen LogP contribution in [0.4, 0.5) is 5.69 Å². The zero-order chi connectivity index (χ0) is 18.3. The number of benzene rings is 1. The number of hydrogen-bond acceptors (Lipinski definition) is 5. The van der Waals surface area contributed by atoms with Gasteiger partial charge in [0.1, 0.15) is 11.4 Å². The summed E-state index contributed by atoms with van der Waals surface area (Å²) in [6, 6.07) is 7.41. The Morgan fingerprint density at radius 3 is 2.52 bits per heavy atom. The van der Waals surface area contributed by atoms with Crippen LogP contribution >= 0.6 is 0 Å². The van der Waals surface area contributed by atoms with Crippen LogP contribution in [0.15, 0.2) is 24.3 Å². The highest BCUT2D eigenvalue weighted by Crippen LogP contribution is 2.27. The SMILES string of the molecule is CCCCOc1ccc(N(C)C(=O)C(OC)C2(O)CCNCC2)cc1. The largest absolute Gasteiger partial charge is 0.494 e. The second kappa shape index (κ2) is 9.17. The van der Waals surface area contributed by atoms with Gasteiger partial charge in [-0.2, -0.15) is 0 Å². The fourth-order valence-corrected chi connectivity index (χ4v) is 3.08. The van der Waals surface area contributed by atoms with E-state index in [-0.39, 0.29) is 5.91 Å². The van der Waals surface area contributed by atoms with Crippen molar-refractivity contribution in [3.63, 3.8) is 0 Å². The number of ether oxygens (including phenoxy) is 2. The minimum atomic E-state index is -1.13. The quantitative estimate of drug-likeness (QED) is 0.702. The summed E-state index contributed by atoms with van der Waals surface area (Å²) in [4.78, 5) is 14.4. The van der Waals surface area contributed by atoms with Gasteiger partial charge in [0.2, 0.25) is 0 Å². The van der Waals surface area contributed by atoms with Crippen LogP contribution in [0.1, 0.15) is 32.6 Å². The highest BCUT2D eigenvalue weighted by Gasteiger charge is 2.43. The average Bonchev–Trinajstić information content (AvgIpc) is 2.63. The minimum absolute atomic E-state index is 0.244. The van der Waals surface area contributed by atoms with Gasteiger partial charge in [0.15, 0.2) is 6.10 Å². The number of rotatable bonds is 8. The lowest BCUT2D eigenvalue weighted by atomic mass is 9.86. The fraction of sp³-hybridized carbons (Fsp3) is 0.632. The maximum absolute atomic E-state index is 12.9. The molecule has 0 radical (unpaired) electrons. The van der Waals surface area contributed by atoms with Gasteiger partial charge in [-0.15, -0.1) is 0 Å². The Hall–Kier alpha value is -1.63. The Balaban J connectivity index is 2.04. The normalized spacial score (nSPS) is 17.8.